The average Bonchev–Trinajstić information content (AvgIpc) is 2.36. The van der Waals surface area contributed by atoms with Crippen LogP contribution in [0.5, 0.6) is 0 Å². The van der Waals surface area contributed by atoms with E-state index in [0.717, 1.165) is 15.6 Å². The van der Waals surface area contributed by atoms with Crippen LogP contribution >= 0.6 is 27.5 Å². The first kappa shape index (κ1) is 13.4. The van der Waals surface area contributed by atoms with Crippen molar-refractivity contribution in [3.05, 3.63) is 63.1 Å². The van der Waals surface area contributed by atoms with Crippen LogP contribution in [0, 0.1) is 0 Å². The smallest absolute Gasteiger partial charge is 0.0722 e. The van der Waals surface area contributed by atoms with E-state index in [1.807, 2.05) is 36.4 Å². The average molecular weight is 327 g/mol. The Morgan fingerprint density at radius 1 is 1.00 bits per heavy atom. The van der Waals surface area contributed by atoms with Crippen LogP contribution in [0.15, 0.2) is 46.9 Å². The number of hydrogen-bond donors (Lipinski definition) is 1. The maximum absolute atomic E-state index is 5.86. The summed E-state index contributed by atoms with van der Waals surface area (Å²) in [5.41, 5.74) is 8.47. The van der Waals surface area contributed by atoms with Crippen molar-refractivity contribution in [3.63, 3.8) is 0 Å². The molecule has 94 valence electrons. The fourth-order valence-corrected chi connectivity index (χ4v) is 1.93. The summed E-state index contributed by atoms with van der Waals surface area (Å²) in [6, 6.07) is 13.6. The molecule has 2 aromatic rings. The van der Waals surface area contributed by atoms with Gasteiger partial charge in [-0.1, -0.05) is 45.7 Å². The van der Waals surface area contributed by atoms with Crippen molar-refractivity contribution < 1.29 is 4.74 Å². The quantitative estimate of drug-likeness (QED) is 0.845. The second-order valence-corrected chi connectivity index (χ2v) is 5.30. The molecule has 2 nitrogen and oxygen atoms in total. The number of nitrogens with two attached hydrogens (primary N) is 1. The first-order chi connectivity index (χ1) is 8.65. The Kier molecular flexibility index (Phi) is 4.64. The second-order valence-electron chi connectivity index (χ2n) is 3.98. The summed E-state index contributed by atoms with van der Waals surface area (Å²) in [5, 5.41) is 0.576. The summed E-state index contributed by atoms with van der Waals surface area (Å²) in [6.45, 7) is 1.10. The normalized spacial score (nSPS) is 10.6. The standard InChI is InChI=1S/C14H13BrClNO/c15-12-4-1-10(2-5-12)8-18-9-11-3-6-13(16)14(17)7-11/h1-7H,8-9,17H2. The summed E-state index contributed by atoms with van der Waals surface area (Å²) in [7, 11) is 0. The van der Waals surface area contributed by atoms with Gasteiger partial charge in [0.05, 0.1) is 23.9 Å². The summed E-state index contributed by atoms with van der Waals surface area (Å²) in [6.07, 6.45) is 0. The van der Waals surface area contributed by atoms with Crippen molar-refractivity contribution in [2.45, 2.75) is 13.2 Å². The molecule has 18 heavy (non-hydrogen) atoms. The number of benzene rings is 2. The molecular weight excluding hydrogens is 314 g/mol. The molecule has 2 rings (SSSR count). The highest BCUT2D eigenvalue weighted by atomic mass is 79.9. The van der Waals surface area contributed by atoms with Gasteiger partial charge in [0.25, 0.3) is 0 Å². The molecule has 0 bridgehead atoms. The van der Waals surface area contributed by atoms with Crippen LogP contribution in [0.1, 0.15) is 11.1 Å². The minimum absolute atomic E-state index is 0.525. The highest BCUT2D eigenvalue weighted by molar-refractivity contribution is 9.10. The van der Waals surface area contributed by atoms with Gasteiger partial charge in [-0.25, -0.2) is 0 Å². The lowest BCUT2D eigenvalue weighted by Gasteiger charge is -2.06. The van der Waals surface area contributed by atoms with Crippen LogP contribution in [0.3, 0.4) is 0 Å². The molecule has 0 aliphatic carbocycles. The van der Waals surface area contributed by atoms with Gasteiger partial charge in [-0.15, -0.1) is 0 Å². The lowest BCUT2D eigenvalue weighted by molar-refractivity contribution is 0.107. The molecule has 0 spiro atoms. The predicted octanol–water partition coefficient (Wildman–Crippen LogP) is 4.40. The Hall–Kier alpha value is -1.03. The number of nitrogen functional groups attached to an aromatic ring is 1. The van der Waals surface area contributed by atoms with Crippen LogP contribution in [0.4, 0.5) is 5.69 Å². The Morgan fingerprint density at radius 2 is 1.61 bits per heavy atom. The summed E-state index contributed by atoms with van der Waals surface area (Å²) in [4.78, 5) is 0. The van der Waals surface area contributed by atoms with Gasteiger partial charge < -0.3 is 10.5 Å². The Morgan fingerprint density at radius 3 is 2.28 bits per heavy atom. The third kappa shape index (κ3) is 3.73. The number of anilines is 1. The molecule has 0 amide bonds. The van der Waals surface area contributed by atoms with Crippen molar-refractivity contribution in [2.24, 2.45) is 0 Å². The van der Waals surface area contributed by atoms with Gasteiger partial charge in [-0.05, 0) is 35.4 Å². The topological polar surface area (TPSA) is 35.2 Å². The molecule has 0 saturated heterocycles. The van der Waals surface area contributed by atoms with E-state index < -0.39 is 0 Å². The van der Waals surface area contributed by atoms with Crippen LogP contribution in [0.2, 0.25) is 5.02 Å². The molecular formula is C14H13BrClNO. The van der Waals surface area contributed by atoms with Gasteiger partial charge in [0.1, 0.15) is 0 Å². The number of hydrogen-bond acceptors (Lipinski definition) is 2. The fraction of sp³-hybridized carbons (Fsp3) is 0.143. The van der Waals surface area contributed by atoms with Crippen molar-refractivity contribution in [2.75, 3.05) is 5.73 Å². The zero-order chi connectivity index (χ0) is 13.0. The maximum atomic E-state index is 5.86. The van der Waals surface area contributed by atoms with Crippen molar-refractivity contribution in [1.82, 2.24) is 0 Å². The van der Waals surface area contributed by atoms with E-state index in [1.165, 1.54) is 0 Å². The number of halogens is 2. The van der Waals surface area contributed by atoms with Crippen molar-refractivity contribution in [1.29, 1.82) is 0 Å². The molecule has 2 aromatic carbocycles. The molecule has 2 N–H and O–H groups in total. The third-order valence-corrected chi connectivity index (χ3v) is 3.38. The van der Waals surface area contributed by atoms with Gasteiger partial charge in [-0.2, -0.15) is 0 Å². The minimum Gasteiger partial charge on any atom is -0.398 e. The van der Waals surface area contributed by atoms with Gasteiger partial charge >= 0.3 is 0 Å². The van der Waals surface area contributed by atoms with Crippen LogP contribution in [0.25, 0.3) is 0 Å². The zero-order valence-electron chi connectivity index (χ0n) is 9.70. The van der Waals surface area contributed by atoms with E-state index in [0.29, 0.717) is 23.9 Å². The first-order valence-corrected chi connectivity index (χ1v) is 6.68. The van der Waals surface area contributed by atoms with Crippen LogP contribution in [-0.2, 0) is 18.0 Å². The Balaban J connectivity index is 1.88. The lowest BCUT2D eigenvalue weighted by atomic mass is 10.2. The molecule has 0 unspecified atom stereocenters. The maximum Gasteiger partial charge on any atom is 0.0722 e. The highest BCUT2D eigenvalue weighted by Gasteiger charge is 1.99. The fourth-order valence-electron chi connectivity index (χ4n) is 1.55. The lowest BCUT2D eigenvalue weighted by Crippen LogP contribution is -1.95. The summed E-state index contributed by atoms with van der Waals surface area (Å²) < 4.78 is 6.69. The zero-order valence-corrected chi connectivity index (χ0v) is 12.0. The molecule has 0 aliphatic rings. The molecule has 0 radical (unpaired) electrons. The second kappa shape index (κ2) is 6.23. The molecule has 0 atom stereocenters. The molecule has 0 aromatic heterocycles. The minimum atomic E-state index is 0.525. The summed E-state index contributed by atoms with van der Waals surface area (Å²) >= 11 is 9.25. The van der Waals surface area contributed by atoms with E-state index in [1.54, 1.807) is 6.07 Å². The number of ether oxygens (including phenoxy) is 1. The summed E-state index contributed by atoms with van der Waals surface area (Å²) in [5.74, 6) is 0. The molecule has 0 aliphatic heterocycles. The van der Waals surface area contributed by atoms with E-state index >= 15 is 0 Å². The molecule has 0 saturated carbocycles. The van der Waals surface area contributed by atoms with Crippen molar-refractivity contribution >= 4 is 33.2 Å². The van der Waals surface area contributed by atoms with E-state index in [4.69, 9.17) is 22.1 Å². The highest BCUT2D eigenvalue weighted by Crippen LogP contribution is 2.20. The van der Waals surface area contributed by atoms with Gasteiger partial charge in [0.15, 0.2) is 0 Å². The monoisotopic (exact) mass is 325 g/mol. The van der Waals surface area contributed by atoms with Crippen LogP contribution < -0.4 is 5.73 Å². The van der Waals surface area contributed by atoms with Crippen LogP contribution in [-0.4, -0.2) is 0 Å². The van der Waals surface area contributed by atoms with Gasteiger partial charge in [0, 0.05) is 4.47 Å². The van der Waals surface area contributed by atoms with Crippen molar-refractivity contribution in [3.8, 4) is 0 Å². The Labute approximate surface area is 120 Å². The predicted molar refractivity (Wildman–Crippen MR) is 78.5 cm³/mol. The largest absolute Gasteiger partial charge is 0.398 e. The SMILES string of the molecule is Nc1cc(COCc2ccc(Br)cc2)ccc1Cl. The number of rotatable bonds is 4. The Bertz CT molecular complexity index is 528. The van der Waals surface area contributed by atoms with Gasteiger partial charge in [-0.3, -0.25) is 0 Å². The van der Waals surface area contributed by atoms with Gasteiger partial charge in [0.2, 0.25) is 0 Å². The molecule has 0 heterocycles. The molecule has 0 fully saturated rings. The molecule has 4 heteroatoms. The third-order valence-electron chi connectivity index (χ3n) is 2.51. The van der Waals surface area contributed by atoms with E-state index in [9.17, 15) is 0 Å². The van der Waals surface area contributed by atoms with E-state index in [-0.39, 0.29) is 0 Å². The van der Waals surface area contributed by atoms with E-state index in [2.05, 4.69) is 15.9 Å². The first-order valence-electron chi connectivity index (χ1n) is 5.51.